The lowest BCUT2D eigenvalue weighted by Gasteiger charge is -2.06. The zero-order valence-corrected chi connectivity index (χ0v) is 13.2. The molecule has 0 N–H and O–H groups in total. The van der Waals surface area contributed by atoms with Crippen LogP contribution in [-0.4, -0.2) is 23.5 Å². The number of unbranched alkanes of at least 4 members (excludes halogenated alkanes) is 2. The molecule has 0 aliphatic carbocycles. The first-order valence-corrected chi connectivity index (χ1v) is 7.57. The number of rotatable bonds is 10. The molecule has 0 unspecified atom stereocenters. The van der Waals surface area contributed by atoms with E-state index >= 15 is 0 Å². The second-order valence-corrected chi connectivity index (χ2v) is 5.01. The first-order valence-electron chi connectivity index (χ1n) is 7.57. The average molecular weight is 323 g/mol. The van der Waals surface area contributed by atoms with Gasteiger partial charge in [0.05, 0.1) is 24.4 Å². The Kier molecular flexibility index (Phi) is 8.34. The maximum absolute atomic E-state index is 11.5. The molecule has 0 amide bonds. The molecule has 0 fully saturated rings. The number of hydrogen-bond donors (Lipinski definition) is 0. The molecule has 7 heteroatoms. The molecule has 0 aromatic heterocycles. The van der Waals surface area contributed by atoms with Gasteiger partial charge in [-0.1, -0.05) is 19.8 Å². The van der Waals surface area contributed by atoms with Crippen LogP contribution in [0, 0.1) is 10.1 Å². The minimum Gasteiger partial charge on any atom is -0.466 e. The zero-order valence-electron chi connectivity index (χ0n) is 13.2. The van der Waals surface area contributed by atoms with E-state index < -0.39 is 16.9 Å². The van der Waals surface area contributed by atoms with Crippen molar-refractivity contribution in [3.63, 3.8) is 0 Å². The summed E-state index contributed by atoms with van der Waals surface area (Å²) < 4.78 is 9.99. The van der Waals surface area contributed by atoms with Gasteiger partial charge in [-0.2, -0.15) is 0 Å². The van der Waals surface area contributed by atoms with E-state index in [2.05, 4.69) is 6.92 Å². The molecule has 126 valence electrons. The van der Waals surface area contributed by atoms with E-state index in [4.69, 9.17) is 9.47 Å². The molecule has 7 nitrogen and oxygen atoms in total. The van der Waals surface area contributed by atoms with Crippen LogP contribution < -0.4 is 0 Å². The van der Waals surface area contributed by atoms with Crippen molar-refractivity contribution in [3.8, 4) is 0 Å². The molecular weight excluding hydrogens is 302 g/mol. The van der Waals surface area contributed by atoms with E-state index in [0.717, 1.165) is 19.3 Å². The summed E-state index contributed by atoms with van der Waals surface area (Å²) in [4.78, 5) is 32.9. The van der Waals surface area contributed by atoms with Crippen LogP contribution in [0.1, 0.15) is 44.6 Å². The topological polar surface area (TPSA) is 95.7 Å². The molecule has 0 radical (unpaired) electrons. The van der Waals surface area contributed by atoms with Crippen molar-refractivity contribution in [1.82, 2.24) is 0 Å². The Morgan fingerprint density at radius 1 is 1.04 bits per heavy atom. The molecule has 0 aliphatic rings. The minimum absolute atomic E-state index is 0.00871. The Labute approximate surface area is 134 Å². The summed E-state index contributed by atoms with van der Waals surface area (Å²) in [6, 6.07) is 5.73. The smallest absolute Gasteiger partial charge is 0.306 e. The summed E-state index contributed by atoms with van der Waals surface area (Å²) in [6.45, 7) is 2.45. The Morgan fingerprint density at radius 3 is 2.22 bits per heavy atom. The highest BCUT2D eigenvalue weighted by Gasteiger charge is 2.10. The molecule has 1 aromatic rings. The lowest BCUT2D eigenvalue weighted by atomic mass is 10.2. The molecule has 0 saturated carbocycles. The van der Waals surface area contributed by atoms with Crippen LogP contribution in [0.5, 0.6) is 0 Å². The molecule has 0 bridgehead atoms. The molecule has 1 rings (SSSR count). The van der Waals surface area contributed by atoms with E-state index in [-0.39, 0.29) is 25.1 Å². The van der Waals surface area contributed by atoms with Crippen LogP contribution in [0.25, 0.3) is 0 Å². The van der Waals surface area contributed by atoms with Gasteiger partial charge in [0.1, 0.15) is 6.61 Å². The first-order chi connectivity index (χ1) is 11.0. The van der Waals surface area contributed by atoms with Crippen LogP contribution in [0.2, 0.25) is 0 Å². The van der Waals surface area contributed by atoms with Gasteiger partial charge < -0.3 is 9.47 Å². The predicted molar refractivity (Wildman–Crippen MR) is 82.6 cm³/mol. The van der Waals surface area contributed by atoms with Crippen LogP contribution in [0.15, 0.2) is 24.3 Å². The normalized spacial score (nSPS) is 10.1. The fourth-order valence-corrected chi connectivity index (χ4v) is 1.76. The molecule has 0 heterocycles. The lowest BCUT2D eigenvalue weighted by molar-refractivity contribution is -0.384. The van der Waals surface area contributed by atoms with Gasteiger partial charge in [0, 0.05) is 12.1 Å². The quantitative estimate of drug-likeness (QED) is 0.284. The number of nitro benzene ring substituents is 1. The monoisotopic (exact) mass is 323 g/mol. The molecule has 0 saturated heterocycles. The lowest BCUT2D eigenvalue weighted by Crippen LogP contribution is -2.11. The molecular formula is C16H21NO6. The van der Waals surface area contributed by atoms with E-state index in [1.807, 2.05) is 0 Å². The van der Waals surface area contributed by atoms with Crippen molar-refractivity contribution in [2.24, 2.45) is 0 Å². The summed E-state index contributed by atoms with van der Waals surface area (Å²) in [7, 11) is 0. The van der Waals surface area contributed by atoms with Crippen molar-refractivity contribution in [3.05, 3.63) is 39.9 Å². The SMILES string of the molecule is CCCCCOC(=O)CCC(=O)OCc1ccc([N+](=O)[O-])cc1. The highest BCUT2D eigenvalue weighted by atomic mass is 16.6. The average Bonchev–Trinajstić information content (AvgIpc) is 2.55. The third-order valence-electron chi connectivity index (χ3n) is 3.09. The van der Waals surface area contributed by atoms with Crippen LogP contribution in [-0.2, 0) is 25.7 Å². The number of nitro groups is 1. The molecule has 1 aromatic carbocycles. The summed E-state index contributed by atoms with van der Waals surface area (Å²) in [5.41, 5.74) is 0.622. The van der Waals surface area contributed by atoms with Crippen LogP contribution in [0.4, 0.5) is 5.69 Å². The third-order valence-corrected chi connectivity index (χ3v) is 3.09. The van der Waals surface area contributed by atoms with E-state index in [9.17, 15) is 19.7 Å². The third kappa shape index (κ3) is 7.94. The van der Waals surface area contributed by atoms with Crippen molar-refractivity contribution in [2.45, 2.75) is 45.6 Å². The Balaban J connectivity index is 2.21. The van der Waals surface area contributed by atoms with Crippen molar-refractivity contribution < 1.29 is 24.0 Å². The number of carbonyl (C=O) groups excluding carboxylic acids is 2. The van der Waals surface area contributed by atoms with E-state index in [1.165, 1.54) is 24.3 Å². The van der Waals surface area contributed by atoms with E-state index in [0.29, 0.717) is 12.2 Å². The molecule has 23 heavy (non-hydrogen) atoms. The zero-order chi connectivity index (χ0) is 17.1. The van der Waals surface area contributed by atoms with E-state index in [1.54, 1.807) is 0 Å². The van der Waals surface area contributed by atoms with Gasteiger partial charge in [0.15, 0.2) is 0 Å². The largest absolute Gasteiger partial charge is 0.466 e. The number of ether oxygens (including phenoxy) is 2. The number of esters is 2. The summed E-state index contributed by atoms with van der Waals surface area (Å²) in [5, 5.41) is 10.5. The second kappa shape index (κ2) is 10.3. The summed E-state index contributed by atoms with van der Waals surface area (Å²) in [5.74, 6) is -0.915. The van der Waals surface area contributed by atoms with Gasteiger partial charge in [-0.25, -0.2) is 0 Å². The van der Waals surface area contributed by atoms with Crippen LogP contribution in [0.3, 0.4) is 0 Å². The number of benzene rings is 1. The van der Waals surface area contributed by atoms with Gasteiger partial charge >= 0.3 is 11.9 Å². The second-order valence-electron chi connectivity index (χ2n) is 5.01. The fourth-order valence-electron chi connectivity index (χ4n) is 1.76. The first kappa shape index (κ1) is 18.6. The number of hydrogen-bond acceptors (Lipinski definition) is 6. The highest BCUT2D eigenvalue weighted by Crippen LogP contribution is 2.12. The fraction of sp³-hybridized carbons (Fsp3) is 0.500. The Hall–Kier alpha value is -2.44. The number of nitrogens with zero attached hydrogens (tertiary/aromatic N) is 1. The van der Waals surface area contributed by atoms with Gasteiger partial charge in [0.25, 0.3) is 5.69 Å². The number of carbonyl (C=O) groups is 2. The van der Waals surface area contributed by atoms with Crippen molar-refractivity contribution in [2.75, 3.05) is 6.61 Å². The maximum Gasteiger partial charge on any atom is 0.306 e. The predicted octanol–water partition coefficient (Wildman–Crippen LogP) is 3.15. The van der Waals surface area contributed by atoms with Crippen LogP contribution >= 0.6 is 0 Å². The summed E-state index contributed by atoms with van der Waals surface area (Å²) >= 11 is 0. The summed E-state index contributed by atoms with van der Waals surface area (Å²) in [6.07, 6.45) is 2.83. The standard InChI is InChI=1S/C16H21NO6/c1-2-3-4-11-22-15(18)9-10-16(19)23-12-13-5-7-14(8-6-13)17(20)21/h5-8H,2-4,9-12H2,1H3. The van der Waals surface area contributed by atoms with Gasteiger partial charge in [-0.3, -0.25) is 19.7 Å². The van der Waals surface area contributed by atoms with Gasteiger partial charge in [-0.15, -0.1) is 0 Å². The van der Waals surface area contributed by atoms with Gasteiger partial charge in [-0.05, 0) is 24.1 Å². The Morgan fingerprint density at radius 2 is 1.65 bits per heavy atom. The van der Waals surface area contributed by atoms with Crippen molar-refractivity contribution in [1.29, 1.82) is 0 Å². The van der Waals surface area contributed by atoms with Gasteiger partial charge in [0.2, 0.25) is 0 Å². The Bertz CT molecular complexity index is 526. The minimum atomic E-state index is -0.506. The molecule has 0 aliphatic heterocycles. The molecule has 0 atom stereocenters. The maximum atomic E-state index is 11.5. The highest BCUT2D eigenvalue weighted by molar-refractivity contribution is 5.77. The molecule has 0 spiro atoms. The van der Waals surface area contributed by atoms with Crippen molar-refractivity contribution >= 4 is 17.6 Å². The number of non-ortho nitro benzene ring substituents is 1.